The standard InChI is InChI=1S/C15H25N3S/c1-5-13(17)15(14-8-7-12(4)19-14)18(6-2)10-11(3)9-16/h7-8,11,13,15H,5-6,10,17H2,1-4H3. The largest absolute Gasteiger partial charge is 0.326 e. The quantitative estimate of drug-likeness (QED) is 0.833. The number of likely N-dealkylation sites (N-methyl/N-ethyl adjacent to an activating group) is 1. The first-order chi connectivity index (χ1) is 9.03. The lowest BCUT2D eigenvalue weighted by Gasteiger charge is -2.34. The van der Waals surface area contributed by atoms with Crippen LogP contribution in [0.2, 0.25) is 0 Å². The van der Waals surface area contributed by atoms with Gasteiger partial charge in [-0.2, -0.15) is 5.26 Å². The molecule has 0 saturated carbocycles. The van der Waals surface area contributed by atoms with Crippen LogP contribution in [-0.2, 0) is 0 Å². The van der Waals surface area contributed by atoms with E-state index < -0.39 is 0 Å². The summed E-state index contributed by atoms with van der Waals surface area (Å²) >= 11 is 1.81. The third kappa shape index (κ3) is 4.31. The Labute approximate surface area is 121 Å². The summed E-state index contributed by atoms with van der Waals surface area (Å²) in [6, 6.07) is 6.99. The lowest BCUT2D eigenvalue weighted by Crippen LogP contribution is -2.42. The van der Waals surface area contributed by atoms with E-state index in [-0.39, 0.29) is 18.0 Å². The first-order valence-corrected chi connectivity index (χ1v) is 7.80. The van der Waals surface area contributed by atoms with Crippen molar-refractivity contribution in [2.24, 2.45) is 11.7 Å². The molecule has 0 aliphatic carbocycles. The van der Waals surface area contributed by atoms with Crippen LogP contribution in [0.1, 0.15) is 43.0 Å². The Kier molecular flexibility index (Phi) is 6.50. The molecule has 0 radical (unpaired) electrons. The van der Waals surface area contributed by atoms with Crippen LogP contribution < -0.4 is 5.73 Å². The van der Waals surface area contributed by atoms with Gasteiger partial charge in [-0.3, -0.25) is 4.90 Å². The van der Waals surface area contributed by atoms with Crippen LogP contribution in [0.15, 0.2) is 12.1 Å². The minimum atomic E-state index is 0.0348. The van der Waals surface area contributed by atoms with Gasteiger partial charge in [0.05, 0.1) is 18.0 Å². The Morgan fingerprint density at radius 1 is 1.42 bits per heavy atom. The molecule has 3 nitrogen and oxygen atoms in total. The first-order valence-electron chi connectivity index (χ1n) is 6.99. The summed E-state index contributed by atoms with van der Waals surface area (Å²) in [6.07, 6.45) is 0.944. The Morgan fingerprint density at radius 3 is 2.53 bits per heavy atom. The second kappa shape index (κ2) is 7.64. The van der Waals surface area contributed by atoms with E-state index in [1.54, 1.807) is 0 Å². The normalized spacial score (nSPS) is 16.1. The van der Waals surface area contributed by atoms with Gasteiger partial charge < -0.3 is 5.73 Å². The lowest BCUT2D eigenvalue weighted by molar-refractivity contribution is 0.169. The zero-order chi connectivity index (χ0) is 14.4. The molecule has 0 aliphatic heterocycles. The van der Waals surface area contributed by atoms with Crippen molar-refractivity contribution < 1.29 is 0 Å². The molecular weight excluding hydrogens is 254 g/mol. The summed E-state index contributed by atoms with van der Waals surface area (Å²) in [5, 5.41) is 9.03. The Morgan fingerprint density at radius 2 is 2.11 bits per heavy atom. The highest BCUT2D eigenvalue weighted by Gasteiger charge is 2.26. The lowest BCUT2D eigenvalue weighted by atomic mass is 10.0. The van der Waals surface area contributed by atoms with Crippen molar-refractivity contribution in [3.8, 4) is 6.07 Å². The molecule has 0 fully saturated rings. The first kappa shape index (κ1) is 16.2. The van der Waals surface area contributed by atoms with Gasteiger partial charge >= 0.3 is 0 Å². The van der Waals surface area contributed by atoms with E-state index >= 15 is 0 Å². The van der Waals surface area contributed by atoms with Crippen molar-refractivity contribution in [1.29, 1.82) is 5.26 Å². The van der Waals surface area contributed by atoms with Gasteiger partial charge in [0, 0.05) is 22.3 Å². The number of rotatable bonds is 7. The number of nitrogens with two attached hydrogens (primary N) is 1. The maximum atomic E-state index is 9.03. The van der Waals surface area contributed by atoms with E-state index in [1.807, 2.05) is 18.3 Å². The van der Waals surface area contributed by atoms with Crippen LogP contribution in [0, 0.1) is 24.2 Å². The van der Waals surface area contributed by atoms with Crippen molar-refractivity contribution in [2.45, 2.75) is 46.2 Å². The van der Waals surface area contributed by atoms with Crippen molar-refractivity contribution in [3.63, 3.8) is 0 Å². The van der Waals surface area contributed by atoms with Crippen molar-refractivity contribution >= 4 is 11.3 Å². The van der Waals surface area contributed by atoms with E-state index in [2.05, 4.69) is 43.9 Å². The summed E-state index contributed by atoms with van der Waals surface area (Å²) in [6.45, 7) is 10.1. The van der Waals surface area contributed by atoms with Gasteiger partial charge in [0.1, 0.15) is 0 Å². The van der Waals surface area contributed by atoms with Crippen LogP contribution in [0.3, 0.4) is 0 Å². The van der Waals surface area contributed by atoms with Gasteiger partial charge in [0.15, 0.2) is 0 Å². The molecule has 3 atom stereocenters. The summed E-state index contributed by atoms with van der Waals surface area (Å²) in [4.78, 5) is 4.97. The fourth-order valence-electron chi connectivity index (χ4n) is 2.33. The maximum Gasteiger partial charge on any atom is 0.0666 e. The average molecular weight is 279 g/mol. The molecule has 0 bridgehead atoms. The molecule has 0 aromatic carbocycles. The van der Waals surface area contributed by atoms with E-state index in [1.165, 1.54) is 9.75 Å². The van der Waals surface area contributed by atoms with Gasteiger partial charge in [0.25, 0.3) is 0 Å². The number of aryl methyl sites for hydroxylation is 1. The number of nitrogens with zero attached hydrogens (tertiary/aromatic N) is 2. The van der Waals surface area contributed by atoms with Crippen LogP contribution in [0.4, 0.5) is 0 Å². The van der Waals surface area contributed by atoms with E-state index in [0.29, 0.717) is 0 Å². The van der Waals surface area contributed by atoms with Gasteiger partial charge in [-0.05, 0) is 38.9 Å². The molecule has 1 heterocycles. The number of hydrogen-bond acceptors (Lipinski definition) is 4. The summed E-state index contributed by atoms with van der Waals surface area (Å²) < 4.78 is 0. The van der Waals surface area contributed by atoms with E-state index in [9.17, 15) is 0 Å². The van der Waals surface area contributed by atoms with Crippen molar-refractivity contribution in [3.05, 3.63) is 21.9 Å². The maximum absolute atomic E-state index is 9.03. The molecule has 0 saturated heterocycles. The Bertz CT molecular complexity index is 421. The third-order valence-electron chi connectivity index (χ3n) is 3.46. The molecule has 0 amide bonds. The SMILES string of the molecule is CCC(N)C(c1ccc(C)s1)N(CC)CC(C)C#N. The predicted molar refractivity (Wildman–Crippen MR) is 82.1 cm³/mol. The van der Waals surface area contributed by atoms with Crippen molar-refractivity contribution in [2.75, 3.05) is 13.1 Å². The van der Waals surface area contributed by atoms with Gasteiger partial charge in [-0.25, -0.2) is 0 Å². The minimum Gasteiger partial charge on any atom is -0.326 e. The van der Waals surface area contributed by atoms with Gasteiger partial charge in [-0.15, -0.1) is 11.3 Å². The molecule has 19 heavy (non-hydrogen) atoms. The Hall–Kier alpha value is -0.890. The highest BCUT2D eigenvalue weighted by Crippen LogP contribution is 2.31. The predicted octanol–water partition coefficient (Wildman–Crippen LogP) is 3.32. The molecule has 4 heteroatoms. The summed E-state index contributed by atoms with van der Waals surface area (Å²) in [5.41, 5.74) is 6.33. The Balaban J connectivity index is 2.98. The van der Waals surface area contributed by atoms with Crippen LogP contribution in [0.25, 0.3) is 0 Å². The zero-order valence-corrected chi connectivity index (χ0v) is 13.2. The smallest absolute Gasteiger partial charge is 0.0666 e. The third-order valence-corrected chi connectivity index (χ3v) is 4.53. The van der Waals surface area contributed by atoms with Crippen LogP contribution in [0.5, 0.6) is 0 Å². The molecular formula is C15H25N3S. The van der Waals surface area contributed by atoms with Crippen LogP contribution >= 0.6 is 11.3 Å². The second-order valence-corrected chi connectivity index (χ2v) is 6.40. The molecule has 1 aromatic rings. The second-order valence-electron chi connectivity index (χ2n) is 5.08. The van der Waals surface area contributed by atoms with E-state index in [0.717, 1.165) is 19.5 Å². The number of thiophene rings is 1. The van der Waals surface area contributed by atoms with Gasteiger partial charge in [-0.1, -0.05) is 13.8 Å². The number of nitriles is 1. The topological polar surface area (TPSA) is 53.0 Å². The monoisotopic (exact) mass is 279 g/mol. The molecule has 0 spiro atoms. The highest BCUT2D eigenvalue weighted by atomic mass is 32.1. The number of hydrogen-bond donors (Lipinski definition) is 1. The molecule has 3 unspecified atom stereocenters. The van der Waals surface area contributed by atoms with Crippen molar-refractivity contribution in [1.82, 2.24) is 4.90 Å². The molecule has 106 valence electrons. The zero-order valence-electron chi connectivity index (χ0n) is 12.4. The fraction of sp³-hybridized carbons (Fsp3) is 0.667. The van der Waals surface area contributed by atoms with Gasteiger partial charge in [0.2, 0.25) is 0 Å². The fourth-order valence-corrected chi connectivity index (χ4v) is 3.42. The average Bonchev–Trinajstić information content (AvgIpc) is 2.83. The summed E-state index contributed by atoms with van der Waals surface area (Å²) in [7, 11) is 0. The van der Waals surface area contributed by atoms with Crippen LogP contribution in [-0.4, -0.2) is 24.0 Å². The molecule has 2 N–H and O–H groups in total. The molecule has 1 aromatic heterocycles. The minimum absolute atomic E-state index is 0.0348. The molecule has 0 aliphatic rings. The summed E-state index contributed by atoms with van der Waals surface area (Å²) in [5.74, 6) is 0.0348. The molecule has 1 rings (SSSR count). The highest BCUT2D eigenvalue weighted by molar-refractivity contribution is 7.12. The van der Waals surface area contributed by atoms with E-state index in [4.69, 9.17) is 11.0 Å².